The standard InChI is InChI=1S/C21H21ClNO4/c1-12-14(10-18-13(2)26-11-27-18)7-8-23-16(12)9-15-5-6-17(24-3)20(25-4)19(15)21(23)22/h5-6,9-10H,1,7-8,11H2,2-4H3/q+1. The summed E-state index contributed by atoms with van der Waals surface area (Å²) in [5, 5.41) is 2.44. The van der Waals surface area contributed by atoms with Gasteiger partial charge in [-0.25, -0.2) is 0 Å². The summed E-state index contributed by atoms with van der Waals surface area (Å²) in [5.74, 6) is 2.85. The first kappa shape index (κ1) is 17.7. The molecule has 0 amide bonds. The Morgan fingerprint density at radius 3 is 2.70 bits per heavy atom. The molecule has 1 aromatic carbocycles. The van der Waals surface area contributed by atoms with E-state index in [-0.39, 0.29) is 6.79 Å². The average molecular weight is 387 g/mol. The highest BCUT2D eigenvalue weighted by molar-refractivity contribution is 6.34. The zero-order valence-electron chi connectivity index (χ0n) is 15.6. The molecule has 0 saturated heterocycles. The maximum atomic E-state index is 6.79. The summed E-state index contributed by atoms with van der Waals surface area (Å²) in [6, 6.07) is 5.95. The number of pyridine rings is 1. The highest BCUT2D eigenvalue weighted by Gasteiger charge is 2.31. The summed E-state index contributed by atoms with van der Waals surface area (Å²) in [6.07, 6.45) is 2.81. The fraction of sp³-hybridized carbons (Fsp3) is 0.286. The van der Waals surface area contributed by atoms with Crippen LogP contribution in [0.4, 0.5) is 0 Å². The van der Waals surface area contributed by atoms with Gasteiger partial charge in [0.15, 0.2) is 23.8 Å². The normalized spacial score (nSPS) is 17.8. The maximum Gasteiger partial charge on any atom is 0.287 e. The SMILES string of the molecule is C=C1C(=CC2=C(C)OCO2)CC[n+]2c1cc1ccc(OC)c(OC)c1c2Cl. The molecule has 2 aliphatic rings. The Hall–Kier alpha value is -2.66. The van der Waals surface area contributed by atoms with E-state index in [0.717, 1.165) is 52.1 Å². The van der Waals surface area contributed by atoms with E-state index in [1.165, 1.54) is 0 Å². The third kappa shape index (κ3) is 2.82. The smallest absolute Gasteiger partial charge is 0.287 e. The average Bonchev–Trinajstić information content (AvgIpc) is 3.08. The number of nitrogens with zero attached hydrogens (tertiary/aromatic N) is 1. The predicted octanol–water partition coefficient (Wildman–Crippen LogP) is 4.38. The van der Waals surface area contributed by atoms with Gasteiger partial charge < -0.3 is 18.9 Å². The highest BCUT2D eigenvalue weighted by atomic mass is 35.5. The van der Waals surface area contributed by atoms with Crippen molar-refractivity contribution in [3.63, 3.8) is 0 Å². The maximum absolute atomic E-state index is 6.79. The Morgan fingerprint density at radius 2 is 2.04 bits per heavy atom. The summed E-state index contributed by atoms with van der Waals surface area (Å²) in [5.41, 5.74) is 3.02. The zero-order valence-corrected chi connectivity index (χ0v) is 16.4. The number of fused-ring (bicyclic) bond motifs is 2. The van der Waals surface area contributed by atoms with Crippen LogP contribution in [0.2, 0.25) is 5.15 Å². The van der Waals surface area contributed by atoms with E-state index >= 15 is 0 Å². The van der Waals surface area contributed by atoms with E-state index < -0.39 is 0 Å². The monoisotopic (exact) mass is 386 g/mol. The lowest BCUT2D eigenvalue weighted by molar-refractivity contribution is -0.697. The molecule has 1 aromatic heterocycles. The van der Waals surface area contributed by atoms with Gasteiger partial charge in [0.05, 0.1) is 14.2 Å². The number of methoxy groups -OCH3 is 2. The van der Waals surface area contributed by atoms with Crippen molar-refractivity contribution in [3.8, 4) is 11.5 Å². The van der Waals surface area contributed by atoms with Crippen LogP contribution in [0.3, 0.4) is 0 Å². The molecule has 4 rings (SSSR count). The number of benzene rings is 1. The molecule has 5 nitrogen and oxygen atoms in total. The minimum absolute atomic E-state index is 0.265. The van der Waals surface area contributed by atoms with E-state index in [9.17, 15) is 0 Å². The van der Waals surface area contributed by atoms with Crippen LogP contribution in [-0.4, -0.2) is 21.0 Å². The lowest BCUT2D eigenvalue weighted by Crippen LogP contribution is -2.42. The summed E-state index contributed by atoms with van der Waals surface area (Å²) in [6.45, 7) is 7.21. The van der Waals surface area contributed by atoms with Gasteiger partial charge in [-0.1, -0.05) is 6.58 Å². The first-order valence-electron chi connectivity index (χ1n) is 8.69. The van der Waals surface area contributed by atoms with Crippen molar-refractivity contribution in [2.45, 2.75) is 19.9 Å². The van der Waals surface area contributed by atoms with Gasteiger partial charge in [0.2, 0.25) is 12.5 Å². The molecule has 0 aliphatic carbocycles. The zero-order chi connectivity index (χ0) is 19.1. The van der Waals surface area contributed by atoms with Crippen LogP contribution in [-0.2, 0) is 16.0 Å². The molecule has 0 spiro atoms. The predicted molar refractivity (Wildman–Crippen MR) is 104 cm³/mol. The number of ether oxygens (including phenoxy) is 4. The second kappa shape index (κ2) is 6.82. The minimum atomic E-state index is 0.265. The van der Waals surface area contributed by atoms with Crippen molar-refractivity contribution in [3.05, 3.63) is 58.8 Å². The summed E-state index contributed by atoms with van der Waals surface area (Å²) in [4.78, 5) is 0. The largest absolute Gasteiger partial charge is 0.493 e. The van der Waals surface area contributed by atoms with E-state index in [1.807, 2.05) is 25.1 Å². The molecule has 0 N–H and O–H groups in total. The second-order valence-corrected chi connectivity index (χ2v) is 6.82. The Balaban J connectivity index is 1.86. The second-order valence-electron chi connectivity index (χ2n) is 6.46. The quantitative estimate of drug-likeness (QED) is 0.580. The van der Waals surface area contributed by atoms with Crippen molar-refractivity contribution in [2.75, 3.05) is 21.0 Å². The van der Waals surface area contributed by atoms with Crippen LogP contribution in [0.25, 0.3) is 16.3 Å². The molecular formula is C21H21ClNO4+. The lowest BCUT2D eigenvalue weighted by Gasteiger charge is -2.19. The molecule has 27 heavy (non-hydrogen) atoms. The number of allylic oxidation sites excluding steroid dienone is 4. The van der Waals surface area contributed by atoms with E-state index in [2.05, 4.69) is 17.2 Å². The molecule has 6 heteroatoms. The summed E-state index contributed by atoms with van der Waals surface area (Å²) >= 11 is 6.79. The van der Waals surface area contributed by atoms with Crippen LogP contribution < -0.4 is 14.0 Å². The van der Waals surface area contributed by atoms with Gasteiger partial charge in [-0.05, 0) is 47.7 Å². The highest BCUT2D eigenvalue weighted by Crippen LogP contribution is 2.40. The van der Waals surface area contributed by atoms with Gasteiger partial charge in [0, 0.05) is 18.1 Å². The van der Waals surface area contributed by atoms with Gasteiger partial charge in [0.1, 0.15) is 11.1 Å². The van der Waals surface area contributed by atoms with Gasteiger partial charge in [-0.3, -0.25) is 0 Å². The Morgan fingerprint density at radius 1 is 1.22 bits per heavy atom. The first-order chi connectivity index (χ1) is 13.0. The van der Waals surface area contributed by atoms with Crippen LogP contribution in [0.1, 0.15) is 19.0 Å². The third-order valence-corrected chi connectivity index (χ3v) is 5.44. The number of aromatic nitrogens is 1. The molecule has 140 valence electrons. The lowest BCUT2D eigenvalue weighted by atomic mass is 9.94. The number of hydrogen-bond donors (Lipinski definition) is 0. The Kier molecular flexibility index (Phi) is 4.48. The summed E-state index contributed by atoms with van der Waals surface area (Å²) < 4.78 is 24.0. The first-order valence-corrected chi connectivity index (χ1v) is 9.06. The van der Waals surface area contributed by atoms with Gasteiger partial charge in [-0.2, -0.15) is 4.57 Å². The van der Waals surface area contributed by atoms with E-state index in [1.54, 1.807) is 14.2 Å². The molecule has 0 saturated carbocycles. The van der Waals surface area contributed by atoms with Gasteiger partial charge >= 0.3 is 0 Å². The minimum Gasteiger partial charge on any atom is -0.493 e. The van der Waals surface area contributed by atoms with Crippen LogP contribution in [0.5, 0.6) is 11.5 Å². The Labute approximate surface area is 163 Å². The fourth-order valence-electron chi connectivity index (χ4n) is 3.57. The molecule has 2 aromatic rings. The third-order valence-electron chi connectivity index (χ3n) is 5.05. The molecule has 3 heterocycles. The number of rotatable bonds is 3. The topological polar surface area (TPSA) is 40.8 Å². The van der Waals surface area contributed by atoms with Gasteiger partial charge in [-0.15, -0.1) is 0 Å². The van der Waals surface area contributed by atoms with Crippen molar-refractivity contribution in [2.24, 2.45) is 0 Å². The van der Waals surface area contributed by atoms with Crippen LogP contribution in [0, 0.1) is 0 Å². The molecule has 0 atom stereocenters. The number of halogens is 1. The van der Waals surface area contributed by atoms with Crippen LogP contribution in [0.15, 0.2) is 47.9 Å². The van der Waals surface area contributed by atoms with Crippen molar-refractivity contribution < 1.29 is 23.5 Å². The Bertz CT molecular complexity index is 1020. The molecule has 0 fully saturated rings. The molecule has 0 bridgehead atoms. The van der Waals surface area contributed by atoms with E-state index in [0.29, 0.717) is 16.7 Å². The van der Waals surface area contributed by atoms with Crippen LogP contribution >= 0.6 is 11.6 Å². The van der Waals surface area contributed by atoms with Crippen molar-refractivity contribution in [1.29, 1.82) is 0 Å². The fourth-order valence-corrected chi connectivity index (χ4v) is 3.94. The van der Waals surface area contributed by atoms with Crippen molar-refractivity contribution >= 4 is 27.9 Å². The van der Waals surface area contributed by atoms with E-state index in [4.69, 9.17) is 30.5 Å². The summed E-state index contributed by atoms with van der Waals surface area (Å²) in [7, 11) is 3.24. The molecule has 0 unspecified atom stereocenters. The van der Waals surface area contributed by atoms with Crippen molar-refractivity contribution in [1.82, 2.24) is 0 Å². The van der Waals surface area contributed by atoms with Gasteiger partial charge in [0.25, 0.3) is 5.15 Å². The molecular weight excluding hydrogens is 366 g/mol. The molecule has 2 aliphatic heterocycles. The molecule has 0 radical (unpaired) electrons. The number of hydrogen-bond acceptors (Lipinski definition) is 4.